The molecule has 1 atom stereocenters. The number of morpholine rings is 1. The average Bonchev–Trinajstić information content (AvgIpc) is 3.26. The molecule has 3 aromatic rings. The average molecular weight is 454 g/mol. The van der Waals surface area contributed by atoms with Crippen LogP contribution in [0.2, 0.25) is 0 Å². The lowest BCUT2D eigenvalue weighted by Crippen LogP contribution is -2.37. The van der Waals surface area contributed by atoms with Crippen molar-refractivity contribution in [3.8, 4) is 17.0 Å². The molecule has 8 heteroatoms. The Morgan fingerprint density at radius 1 is 1.24 bits per heavy atom. The van der Waals surface area contributed by atoms with E-state index in [-0.39, 0.29) is 12.6 Å². The number of benzene rings is 1. The molecule has 0 radical (unpaired) electrons. The molecule has 178 valence electrons. The maximum absolute atomic E-state index is 10.0. The number of nitrogens with one attached hydrogen (secondary N) is 1. The van der Waals surface area contributed by atoms with Gasteiger partial charge >= 0.3 is 0 Å². The molecular formula is C25H35N5O3. The molecule has 4 rings (SSSR count). The third-order valence-electron chi connectivity index (χ3n) is 5.97. The Balaban J connectivity index is 1.81. The molecule has 1 aromatic carbocycles. The number of hydrogen-bond donors (Lipinski definition) is 2. The van der Waals surface area contributed by atoms with Crippen molar-refractivity contribution in [2.75, 3.05) is 51.4 Å². The fourth-order valence-electron chi connectivity index (χ4n) is 4.40. The van der Waals surface area contributed by atoms with Gasteiger partial charge in [0, 0.05) is 36.8 Å². The lowest BCUT2D eigenvalue weighted by molar-refractivity contribution is 0.108. The van der Waals surface area contributed by atoms with Gasteiger partial charge in [-0.2, -0.15) is 5.10 Å². The molecule has 0 amide bonds. The van der Waals surface area contributed by atoms with Crippen LogP contribution >= 0.6 is 0 Å². The molecule has 1 fully saturated rings. The zero-order valence-corrected chi connectivity index (χ0v) is 20.0. The summed E-state index contributed by atoms with van der Waals surface area (Å²) in [4.78, 5) is 7.56. The molecule has 33 heavy (non-hydrogen) atoms. The monoisotopic (exact) mass is 453 g/mol. The lowest BCUT2D eigenvalue weighted by atomic mass is 9.99. The summed E-state index contributed by atoms with van der Waals surface area (Å²) in [5, 5.41) is 18.7. The highest BCUT2D eigenvalue weighted by molar-refractivity contribution is 5.95. The van der Waals surface area contributed by atoms with Crippen LogP contribution in [-0.2, 0) is 11.2 Å². The van der Waals surface area contributed by atoms with Gasteiger partial charge in [0.25, 0.3) is 0 Å². The van der Waals surface area contributed by atoms with Crippen LogP contribution in [0.5, 0.6) is 5.75 Å². The topological polar surface area (TPSA) is 84.7 Å². The smallest absolute Gasteiger partial charge is 0.160 e. The van der Waals surface area contributed by atoms with Crippen molar-refractivity contribution in [3.05, 3.63) is 36.0 Å². The Labute approximate surface area is 195 Å². The Kier molecular flexibility index (Phi) is 7.47. The molecule has 0 spiro atoms. The van der Waals surface area contributed by atoms with Crippen molar-refractivity contribution in [2.24, 2.45) is 0 Å². The van der Waals surface area contributed by atoms with Crippen LogP contribution in [-0.4, -0.2) is 72.5 Å². The number of aliphatic hydroxyl groups excluding tert-OH is 1. The van der Waals surface area contributed by atoms with E-state index >= 15 is 0 Å². The van der Waals surface area contributed by atoms with Gasteiger partial charge in [0.05, 0.1) is 36.2 Å². The second-order valence-corrected chi connectivity index (χ2v) is 8.71. The molecule has 0 bridgehead atoms. The van der Waals surface area contributed by atoms with E-state index in [2.05, 4.69) is 42.2 Å². The predicted molar refractivity (Wildman–Crippen MR) is 131 cm³/mol. The minimum atomic E-state index is -0.562. The first kappa shape index (κ1) is 23.5. The second-order valence-electron chi connectivity index (χ2n) is 8.71. The molecule has 1 saturated heterocycles. The van der Waals surface area contributed by atoms with Crippen molar-refractivity contribution in [1.29, 1.82) is 0 Å². The molecule has 2 aromatic heterocycles. The number of aliphatic hydroxyl groups is 1. The Bertz CT molecular complexity index is 1080. The van der Waals surface area contributed by atoms with Crippen molar-refractivity contribution >= 4 is 16.7 Å². The first-order chi connectivity index (χ1) is 16.0. The Morgan fingerprint density at radius 2 is 2.03 bits per heavy atom. The van der Waals surface area contributed by atoms with Gasteiger partial charge in [-0.25, -0.2) is 9.67 Å². The number of nitrogens with zero attached hydrogens (tertiary/aromatic N) is 4. The molecule has 1 aliphatic rings. The molecule has 0 saturated carbocycles. The van der Waals surface area contributed by atoms with E-state index in [0.29, 0.717) is 6.54 Å². The normalized spacial score (nSPS) is 15.4. The summed E-state index contributed by atoms with van der Waals surface area (Å²) < 4.78 is 13.5. The first-order valence-electron chi connectivity index (χ1n) is 11.8. The SMILES string of the molecule is CCc1c(-c2cccc(OCC(O)CNC)c2)nc2c(cnn2C(C)C)c1N1CCOCC1. The largest absolute Gasteiger partial charge is 0.491 e. The van der Waals surface area contributed by atoms with Gasteiger partial charge in [-0.05, 0) is 39.4 Å². The molecular weight excluding hydrogens is 418 g/mol. The lowest BCUT2D eigenvalue weighted by Gasteiger charge is -2.32. The van der Waals surface area contributed by atoms with E-state index < -0.39 is 6.10 Å². The third kappa shape index (κ3) is 4.98. The van der Waals surface area contributed by atoms with Crippen molar-refractivity contribution in [3.63, 3.8) is 0 Å². The summed E-state index contributed by atoms with van der Waals surface area (Å²) in [5.41, 5.74) is 5.27. The van der Waals surface area contributed by atoms with Crippen LogP contribution in [0, 0.1) is 0 Å². The van der Waals surface area contributed by atoms with Crippen molar-refractivity contribution < 1.29 is 14.6 Å². The molecule has 0 aliphatic carbocycles. The quantitative estimate of drug-likeness (QED) is 0.515. The first-order valence-corrected chi connectivity index (χ1v) is 11.8. The van der Waals surface area contributed by atoms with E-state index in [4.69, 9.17) is 14.5 Å². The van der Waals surface area contributed by atoms with E-state index in [0.717, 1.165) is 60.8 Å². The second kappa shape index (κ2) is 10.5. The van der Waals surface area contributed by atoms with E-state index in [1.807, 2.05) is 36.1 Å². The van der Waals surface area contributed by atoms with Gasteiger partial charge in [0.1, 0.15) is 18.5 Å². The van der Waals surface area contributed by atoms with Gasteiger partial charge < -0.3 is 24.8 Å². The van der Waals surface area contributed by atoms with E-state index in [9.17, 15) is 5.11 Å². The molecule has 1 unspecified atom stereocenters. The summed E-state index contributed by atoms with van der Waals surface area (Å²) in [6, 6.07) is 8.19. The van der Waals surface area contributed by atoms with E-state index in [1.54, 1.807) is 0 Å². The molecule has 1 aliphatic heterocycles. The fraction of sp³-hybridized carbons (Fsp3) is 0.520. The van der Waals surface area contributed by atoms with Crippen LogP contribution in [0.1, 0.15) is 32.4 Å². The highest BCUT2D eigenvalue weighted by Crippen LogP contribution is 2.38. The maximum atomic E-state index is 10.0. The van der Waals surface area contributed by atoms with E-state index in [1.165, 1.54) is 11.3 Å². The van der Waals surface area contributed by atoms with Crippen LogP contribution in [0.25, 0.3) is 22.3 Å². The number of fused-ring (bicyclic) bond motifs is 1. The number of pyridine rings is 1. The number of anilines is 1. The molecule has 3 heterocycles. The number of aromatic nitrogens is 3. The highest BCUT2D eigenvalue weighted by Gasteiger charge is 2.24. The minimum Gasteiger partial charge on any atom is -0.491 e. The van der Waals surface area contributed by atoms with Crippen LogP contribution < -0.4 is 15.0 Å². The Hall–Kier alpha value is -2.68. The third-order valence-corrected chi connectivity index (χ3v) is 5.97. The van der Waals surface area contributed by atoms with Crippen LogP contribution in [0.15, 0.2) is 30.5 Å². The molecule has 2 N–H and O–H groups in total. The fourth-order valence-corrected chi connectivity index (χ4v) is 4.40. The predicted octanol–water partition coefficient (Wildman–Crippen LogP) is 3.04. The van der Waals surface area contributed by atoms with Gasteiger partial charge in [-0.15, -0.1) is 0 Å². The number of ether oxygens (including phenoxy) is 2. The Morgan fingerprint density at radius 3 is 2.73 bits per heavy atom. The zero-order valence-electron chi connectivity index (χ0n) is 20.0. The van der Waals surface area contributed by atoms with Crippen molar-refractivity contribution in [2.45, 2.75) is 39.3 Å². The van der Waals surface area contributed by atoms with Gasteiger partial charge in [0.15, 0.2) is 5.65 Å². The van der Waals surface area contributed by atoms with Crippen LogP contribution in [0.3, 0.4) is 0 Å². The summed E-state index contributed by atoms with van der Waals surface area (Å²) in [6.45, 7) is 10.3. The van der Waals surface area contributed by atoms with Crippen molar-refractivity contribution in [1.82, 2.24) is 20.1 Å². The van der Waals surface area contributed by atoms with Gasteiger partial charge in [-0.1, -0.05) is 19.1 Å². The minimum absolute atomic E-state index is 0.205. The summed E-state index contributed by atoms with van der Waals surface area (Å²) >= 11 is 0. The molecule has 8 nitrogen and oxygen atoms in total. The standard InChI is InChI=1S/C25H35N5O3/c1-5-21-23(18-7-6-8-20(13-18)33-16-19(31)14-26-4)28-25-22(15-27-30(25)17(2)3)24(21)29-9-11-32-12-10-29/h6-8,13,15,17,19,26,31H,5,9-12,14,16H2,1-4H3. The van der Waals surface area contributed by atoms with Gasteiger partial charge in [0.2, 0.25) is 0 Å². The number of rotatable bonds is 9. The number of hydrogen-bond acceptors (Lipinski definition) is 7. The summed E-state index contributed by atoms with van der Waals surface area (Å²) in [5.74, 6) is 0.719. The van der Waals surface area contributed by atoms with Crippen LogP contribution in [0.4, 0.5) is 5.69 Å². The summed E-state index contributed by atoms with van der Waals surface area (Å²) in [7, 11) is 1.81. The highest BCUT2D eigenvalue weighted by atomic mass is 16.5. The summed E-state index contributed by atoms with van der Waals surface area (Å²) in [6.07, 6.45) is 2.25. The zero-order chi connectivity index (χ0) is 23.4. The number of likely N-dealkylation sites (N-methyl/N-ethyl adjacent to an activating group) is 1. The van der Waals surface area contributed by atoms with Gasteiger partial charge in [-0.3, -0.25) is 0 Å². The maximum Gasteiger partial charge on any atom is 0.160 e.